The van der Waals surface area contributed by atoms with Crippen molar-refractivity contribution in [3.05, 3.63) is 30.1 Å². The van der Waals surface area contributed by atoms with Crippen LogP contribution in [0.2, 0.25) is 0 Å². The third kappa shape index (κ3) is 4.29. The van der Waals surface area contributed by atoms with Gasteiger partial charge in [-0.2, -0.15) is 0 Å². The lowest BCUT2D eigenvalue weighted by atomic mass is 9.78. The standard InChI is InChI=1S/C17H28N2O/c1-3-14-8-9-17(20)15(11-14)12-19(4-2)13-16-7-5-6-10-18-16/h5-7,10,14-15,17,20H,3-4,8-9,11-13H2,1-2H3. The summed E-state index contributed by atoms with van der Waals surface area (Å²) >= 11 is 0. The van der Waals surface area contributed by atoms with Crippen molar-refractivity contribution < 1.29 is 5.11 Å². The maximum atomic E-state index is 10.3. The molecule has 0 bridgehead atoms. The highest BCUT2D eigenvalue weighted by Crippen LogP contribution is 2.32. The van der Waals surface area contributed by atoms with E-state index in [9.17, 15) is 5.11 Å². The molecule has 0 saturated heterocycles. The second-order valence-electron chi connectivity index (χ2n) is 6.06. The molecule has 3 heteroatoms. The highest BCUT2D eigenvalue weighted by molar-refractivity contribution is 5.03. The second-order valence-corrected chi connectivity index (χ2v) is 6.06. The van der Waals surface area contributed by atoms with Crippen molar-refractivity contribution in [1.29, 1.82) is 0 Å². The number of aromatic nitrogens is 1. The third-order valence-electron chi connectivity index (χ3n) is 4.68. The molecule has 0 amide bonds. The fraction of sp³-hybridized carbons (Fsp3) is 0.706. The number of hydrogen-bond acceptors (Lipinski definition) is 3. The highest BCUT2D eigenvalue weighted by atomic mass is 16.3. The van der Waals surface area contributed by atoms with E-state index in [2.05, 4.69) is 29.8 Å². The van der Waals surface area contributed by atoms with Gasteiger partial charge in [0.15, 0.2) is 0 Å². The van der Waals surface area contributed by atoms with E-state index in [1.165, 1.54) is 19.3 Å². The Bertz CT molecular complexity index is 382. The van der Waals surface area contributed by atoms with E-state index in [0.29, 0.717) is 5.92 Å². The van der Waals surface area contributed by atoms with Crippen molar-refractivity contribution in [3.63, 3.8) is 0 Å². The average Bonchev–Trinajstić information content (AvgIpc) is 2.49. The molecule has 1 aromatic heterocycles. The average molecular weight is 276 g/mol. The van der Waals surface area contributed by atoms with Crippen LogP contribution in [0.5, 0.6) is 0 Å². The van der Waals surface area contributed by atoms with E-state index in [1.807, 2.05) is 18.3 Å². The summed E-state index contributed by atoms with van der Waals surface area (Å²) in [6, 6.07) is 6.07. The Labute approximate surface area is 123 Å². The third-order valence-corrected chi connectivity index (χ3v) is 4.68. The Hall–Kier alpha value is -0.930. The number of aliphatic hydroxyl groups excluding tert-OH is 1. The monoisotopic (exact) mass is 276 g/mol. The van der Waals surface area contributed by atoms with E-state index < -0.39 is 0 Å². The molecule has 1 aliphatic rings. The van der Waals surface area contributed by atoms with Crippen LogP contribution < -0.4 is 0 Å². The van der Waals surface area contributed by atoms with Gasteiger partial charge < -0.3 is 5.11 Å². The molecule has 1 heterocycles. The van der Waals surface area contributed by atoms with Crippen molar-refractivity contribution in [2.24, 2.45) is 11.8 Å². The second kappa shape index (κ2) is 7.75. The molecule has 20 heavy (non-hydrogen) atoms. The predicted octanol–water partition coefficient (Wildman–Crippen LogP) is 3.09. The maximum absolute atomic E-state index is 10.3. The molecule has 1 saturated carbocycles. The molecule has 1 N–H and O–H groups in total. The van der Waals surface area contributed by atoms with Gasteiger partial charge in [-0.3, -0.25) is 9.88 Å². The summed E-state index contributed by atoms with van der Waals surface area (Å²) in [5, 5.41) is 10.3. The molecular weight excluding hydrogens is 248 g/mol. The van der Waals surface area contributed by atoms with Gasteiger partial charge in [-0.25, -0.2) is 0 Å². The van der Waals surface area contributed by atoms with E-state index in [1.54, 1.807) is 0 Å². The predicted molar refractivity (Wildman–Crippen MR) is 82.3 cm³/mol. The number of rotatable bonds is 6. The maximum Gasteiger partial charge on any atom is 0.0580 e. The fourth-order valence-electron chi connectivity index (χ4n) is 3.27. The smallest absolute Gasteiger partial charge is 0.0580 e. The van der Waals surface area contributed by atoms with Crippen LogP contribution in [0.4, 0.5) is 0 Å². The number of nitrogens with zero attached hydrogens (tertiary/aromatic N) is 2. The quantitative estimate of drug-likeness (QED) is 0.867. The molecule has 1 fully saturated rings. The summed E-state index contributed by atoms with van der Waals surface area (Å²) in [6.45, 7) is 7.35. The first-order valence-corrected chi connectivity index (χ1v) is 8.03. The van der Waals surface area contributed by atoms with Gasteiger partial charge in [0.25, 0.3) is 0 Å². The lowest BCUT2D eigenvalue weighted by molar-refractivity contribution is 0.0260. The Kier molecular flexibility index (Phi) is 5.99. The molecule has 3 nitrogen and oxygen atoms in total. The van der Waals surface area contributed by atoms with Crippen molar-refractivity contribution in [1.82, 2.24) is 9.88 Å². The summed E-state index contributed by atoms with van der Waals surface area (Å²) < 4.78 is 0. The Morgan fingerprint density at radius 3 is 2.80 bits per heavy atom. The molecule has 1 aliphatic carbocycles. The van der Waals surface area contributed by atoms with Crippen LogP contribution in [0, 0.1) is 11.8 Å². The minimum atomic E-state index is -0.115. The van der Waals surface area contributed by atoms with Crippen LogP contribution in [-0.2, 0) is 6.54 Å². The van der Waals surface area contributed by atoms with Gasteiger partial charge in [0.2, 0.25) is 0 Å². The summed E-state index contributed by atoms with van der Waals surface area (Å²) in [5.41, 5.74) is 1.12. The normalized spacial score (nSPS) is 26.9. The summed E-state index contributed by atoms with van der Waals surface area (Å²) in [7, 11) is 0. The van der Waals surface area contributed by atoms with Crippen molar-refractivity contribution in [3.8, 4) is 0 Å². The molecule has 0 aliphatic heterocycles. The van der Waals surface area contributed by atoms with Gasteiger partial charge in [-0.15, -0.1) is 0 Å². The van der Waals surface area contributed by atoms with Gasteiger partial charge in [0.05, 0.1) is 11.8 Å². The van der Waals surface area contributed by atoms with Gasteiger partial charge in [0, 0.05) is 19.3 Å². The number of hydrogen-bond donors (Lipinski definition) is 1. The first kappa shape index (κ1) is 15.5. The molecule has 3 unspecified atom stereocenters. The zero-order chi connectivity index (χ0) is 14.4. The lowest BCUT2D eigenvalue weighted by Crippen LogP contribution is -2.38. The molecule has 1 aromatic rings. The van der Waals surface area contributed by atoms with Crippen molar-refractivity contribution in [2.75, 3.05) is 13.1 Å². The van der Waals surface area contributed by atoms with E-state index in [-0.39, 0.29) is 6.10 Å². The Morgan fingerprint density at radius 2 is 2.15 bits per heavy atom. The van der Waals surface area contributed by atoms with E-state index >= 15 is 0 Å². The highest BCUT2D eigenvalue weighted by Gasteiger charge is 2.29. The first-order chi connectivity index (χ1) is 9.72. The van der Waals surface area contributed by atoms with Crippen molar-refractivity contribution >= 4 is 0 Å². The van der Waals surface area contributed by atoms with E-state index in [4.69, 9.17) is 0 Å². The Morgan fingerprint density at radius 1 is 1.30 bits per heavy atom. The number of aliphatic hydroxyl groups is 1. The first-order valence-electron chi connectivity index (χ1n) is 8.03. The van der Waals surface area contributed by atoms with Crippen LogP contribution in [0.1, 0.15) is 45.2 Å². The van der Waals surface area contributed by atoms with Crippen LogP contribution in [0.15, 0.2) is 24.4 Å². The van der Waals surface area contributed by atoms with Gasteiger partial charge >= 0.3 is 0 Å². The Balaban J connectivity index is 1.91. The van der Waals surface area contributed by atoms with Crippen LogP contribution in [-0.4, -0.2) is 34.2 Å². The summed E-state index contributed by atoms with van der Waals surface area (Å²) in [6.07, 6.45) is 6.33. The van der Waals surface area contributed by atoms with E-state index in [0.717, 1.165) is 37.7 Å². The molecular formula is C17H28N2O. The zero-order valence-electron chi connectivity index (χ0n) is 12.8. The largest absolute Gasteiger partial charge is 0.393 e. The minimum Gasteiger partial charge on any atom is -0.393 e. The summed E-state index contributed by atoms with van der Waals surface area (Å²) in [5.74, 6) is 1.23. The number of pyridine rings is 1. The summed E-state index contributed by atoms with van der Waals surface area (Å²) in [4.78, 5) is 6.82. The minimum absolute atomic E-state index is 0.115. The topological polar surface area (TPSA) is 36.4 Å². The molecule has 0 radical (unpaired) electrons. The lowest BCUT2D eigenvalue weighted by Gasteiger charge is -2.36. The van der Waals surface area contributed by atoms with Crippen LogP contribution >= 0.6 is 0 Å². The van der Waals surface area contributed by atoms with Gasteiger partial charge in [0.1, 0.15) is 0 Å². The zero-order valence-corrected chi connectivity index (χ0v) is 12.8. The van der Waals surface area contributed by atoms with Crippen LogP contribution in [0.25, 0.3) is 0 Å². The SMILES string of the molecule is CCC1CCC(O)C(CN(CC)Cc2ccccn2)C1. The molecule has 0 aromatic carbocycles. The van der Waals surface area contributed by atoms with Gasteiger partial charge in [-0.1, -0.05) is 26.3 Å². The fourth-order valence-corrected chi connectivity index (χ4v) is 3.27. The van der Waals surface area contributed by atoms with Crippen LogP contribution in [0.3, 0.4) is 0 Å². The molecule has 0 spiro atoms. The molecule has 112 valence electrons. The molecule has 3 atom stereocenters. The van der Waals surface area contributed by atoms with Crippen molar-refractivity contribution in [2.45, 2.75) is 52.2 Å². The van der Waals surface area contributed by atoms with Gasteiger partial charge in [-0.05, 0) is 49.8 Å². The molecule has 2 rings (SSSR count).